The van der Waals surface area contributed by atoms with Gasteiger partial charge in [0.05, 0.1) is 5.69 Å². The predicted octanol–water partition coefficient (Wildman–Crippen LogP) is 3.79. The lowest BCUT2D eigenvalue weighted by molar-refractivity contribution is 0.100. The molecule has 140 valence electrons. The fraction of sp³-hybridized carbons (Fsp3) is 0. The van der Waals surface area contributed by atoms with E-state index in [4.69, 9.17) is 5.73 Å². The fourth-order valence-electron chi connectivity index (χ4n) is 3.30. The molecule has 0 saturated heterocycles. The highest BCUT2D eigenvalue weighted by atomic mass is 16.1. The molecule has 0 aliphatic heterocycles. The van der Waals surface area contributed by atoms with Gasteiger partial charge in [0.1, 0.15) is 12.1 Å². The van der Waals surface area contributed by atoms with Crippen molar-refractivity contribution in [2.75, 3.05) is 5.32 Å². The zero-order chi connectivity index (χ0) is 19.8. The summed E-state index contributed by atoms with van der Waals surface area (Å²) in [5.74, 6) is 0.658. The summed E-state index contributed by atoms with van der Waals surface area (Å²) < 4.78 is 1.71. The van der Waals surface area contributed by atoms with Gasteiger partial charge >= 0.3 is 0 Å². The average molecular weight is 380 g/mol. The van der Waals surface area contributed by atoms with Crippen molar-refractivity contribution in [3.05, 3.63) is 84.7 Å². The van der Waals surface area contributed by atoms with Gasteiger partial charge in [0.25, 0.3) is 5.78 Å². The van der Waals surface area contributed by atoms with Crippen LogP contribution in [0, 0.1) is 0 Å². The van der Waals surface area contributed by atoms with Gasteiger partial charge in [-0.1, -0.05) is 36.4 Å². The van der Waals surface area contributed by atoms with Gasteiger partial charge in [0.15, 0.2) is 0 Å². The topological polar surface area (TPSA) is 98.2 Å². The summed E-state index contributed by atoms with van der Waals surface area (Å²) in [7, 11) is 0. The standard InChI is InChI=1S/C22H16N6O/c23-21(29)15-7-9-18(10-8-15)26-20-12-19(28-22(27-20)24-13-25-28)17-6-5-14-3-1-2-4-16(14)11-17/h1-13H,(H2,23,29)(H,24,25,26,27). The predicted molar refractivity (Wildman–Crippen MR) is 112 cm³/mol. The van der Waals surface area contributed by atoms with Gasteiger partial charge in [-0.2, -0.15) is 19.6 Å². The fourth-order valence-corrected chi connectivity index (χ4v) is 3.30. The van der Waals surface area contributed by atoms with E-state index < -0.39 is 5.91 Å². The van der Waals surface area contributed by atoms with E-state index in [0.717, 1.165) is 22.3 Å². The Bertz CT molecular complexity index is 1360. The molecule has 0 unspecified atom stereocenters. The number of nitrogens with one attached hydrogen (secondary N) is 1. The number of fused-ring (bicyclic) bond motifs is 2. The highest BCUT2D eigenvalue weighted by Crippen LogP contribution is 2.27. The van der Waals surface area contributed by atoms with Crippen LogP contribution in [0.5, 0.6) is 0 Å². The number of carbonyl (C=O) groups is 1. The van der Waals surface area contributed by atoms with E-state index in [-0.39, 0.29) is 0 Å². The number of rotatable bonds is 4. The van der Waals surface area contributed by atoms with Gasteiger partial charge in [-0.15, -0.1) is 0 Å². The highest BCUT2D eigenvalue weighted by Gasteiger charge is 2.11. The molecule has 0 fully saturated rings. The van der Waals surface area contributed by atoms with Gasteiger partial charge in [-0.25, -0.2) is 0 Å². The third kappa shape index (κ3) is 3.14. The maximum Gasteiger partial charge on any atom is 0.254 e. The number of benzene rings is 3. The molecule has 7 heteroatoms. The van der Waals surface area contributed by atoms with Crippen LogP contribution < -0.4 is 11.1 Å². The first-order valence-electron chi connectivity index (χ1n) is 9.04. The first-order valence-corrected chi connectivity index (χ1v) is 9.04. The monoisotopic (exact) mass is 380 g/mol. The van der Waals surface area contributed by atoms with E-state index >= 15 is 0 Å². The molecule has 0 bridgehead atoms. The van der Waals surface area contributed by atoms with Crippen LogP contribution in [0.3, 0.4) is 0 Å². The number of amides is 1. The molecule has 1 amide bonds. The number of primary amides is 1. The zero-order valence-corrected chi connectivity index (χ0v) is 15.3. The summed E-state index contributed by atoms with van der Waals surface area (Å²) in [5, 5.41) is 9.89. The lowest BCUT2D eigenvalue weighted by atomic mass is 10.0. The van der Waals surface area contributed by atoms with Crippen LogP contribution in [0.1, 0.15) is 10.4 Å². The van der Waals surface area contributed by atoms with E-state index in [0.29, 0.717) is 17.2 Å². The highest BCUT2D eigenvalue weighted by molar-refractivity contribution is 5.93. The van der Waals surface area contributed by atoms with E-state index in [1.54, 1.807) is 28.8 Å². The number of carbonyl (C=O) groups excluding carboxylic acids is 1. The lowest BCUT2D eigenvalue weighted by Crippen LogP contribution is -2.10. The van der Waals surface area contributed by atoms with Crippen LogP contribution in [0.2, 0.25) is 0 Å². The maximum absolute atomic E-state index is 11.3. The van der Waals surface area contributed by atoms with Gasteiger partial charge in [-0.05, 0) is 41.1 Å². The third-order valence-corrected chi connectivity index (χ3v) is 4.74. The second-order valence-electron chi connectivity index (χ2n) is 6.63. The van der Waals surface area contributed by atoms with Crippen molar-refractivity contribution in [1.82, 2.24) is 19.6 Å². The molecule has 7 nitrogen and oxygen atoms in total. The Hall–Kier alpha value is -4.26. The van der Waals surface area contributed by atoms with Crippen LogP contribution in [0.15, 0.2) is 79.1 Å². The van der Waals surface area contributed by atoms with E-state index in [1.165, 1.54) is 11.7 Å². The Balaban J connectivity index is 1.58. The second kappa shape index (κ2) is 6.72. The Morgan fingerprint density at radius 1 is 0.931 bits per heavy atom. The lowest BCUT2D eigenvalue weighted by Gasteiger charge is -2.10. The van der Waals surface area contributed by atoms with Crippen molar-refractivity contribution < 1.29 is 4.79 Å². The Morgan fingerprint density at radius 2 is 1.72 bits per heavy atom. The quantitative estimate of drug-likeness (QED) is 0.494. The van der Waals surface area contributed by atoms with Crippen molar-refractivity contribution in [2.45, 2.75) is 0 Å². The molecule has 0 aliphatic carbocycles. The van der Waals surface area contributed by atoms with Crippen molar-refractivity contribution in [2.24, 2.45) is 5.73 Å². The van der Waals surface area contributed by atoms with E-state index in [2.05, 4.69) is 50.7 Å². The van der Waals surface area contributed by atoms with Crippen LogP contribution in [0.25, 0.3) is 27.8 Å². The van der Waals surface area contributed by atoms with Crippen LogP contribution >= 0.6 is 0 Å². The molecule has 0 atom stereocenters. The van der Waals surface area contributed by atoms with Crippen molar-refractivity contribution in [1.29, 1.82) is 0 Å². The first-order chi connectivity index (χ1) is 14.2. The van der Waals surface area contributed by atoms with Gasteiger partial charge in [0, 0.05) is 22.9 Å². The number of hydrogen-bond donors (Lipinski definition) is 2. The molecular formula is C22H16N6O. The maximum atomic E-state index is 11.3. The molecule has 0 spiro atoms. The zero-order valence-electron chi connectivity index (χ0n) is 15.3. The van der Waals surface area contributed by atoms with Crippen LogP contribution in [0.4, 0.5) is 11.5 Å². The van der Waals surface area contributed by atoms with E-state index in [1.807, 2.05) is 18.2 Å². The summed E-state index contributed by atoms with van der Waals surface area (Å²) >= 11 is 0. The second-order valence-corrected chi connectivity index (χ2v) is 6.63. The smallest absolute Gasteiger partial charge is 0.254 e. The van der Waals surface area contributed by atoms with Crippen LogP contribution in [-0.2, 0) is 0 Å². The van der Waals surface area contributed by atoms with Gasteiger partial charge in [0.2, 0.25) is 5.91 Å². The average Bonchev–Trinajstić information content (AvgIpc) is 3.22. The number of anilines is 2. The molecule has 2 heterocycles. The SMILES string of the molecule is NC(=O)c1ccc(Nc2cc(-c3ccc4ccccc4c3)n3ncnc3n2)cc1. The molecule has 5 aromatic rings. The Kier molecular flexibility index (Phi) is 3.91. The molecule has 3 N–H and O–H groups in total. The van der Waals surface area contributed by atoms with Crippen molar-refractivity contribution >= 4 is 34.0 Å². The summed E-state index contributed by atoms with van der Waals surface area (Å²) in [6.45, 7) is 0. The summed E-state index contributed by atoms with van der Waals surface area (Å²) in [4.78, 5) is 20.0. The Morgan fingerprint density at radius 3 is 2.52 bits per heavy atom. The number of nitrogens with zero attached hydrogens (tertiary/aromatic N) is 4. The minimum atomic E-state index is -0.460. The first kappa shape index (κ1) is 16.9. The molecule has 0 saturated carbocycles. The third-order valence-electron chi connectivity index (χ3n) is 4.74. The molecule has 5 rings (SSSR count). The number of hydrogen-bond acceptors (Lipinski definition) is 5. The van der Waals surface area contributed by atoms with Crippen molar-refractivity contribution in [3.8, 4) is 11.3 Å². The molecule has 2 aromatic heterocycles. The molecule has 0 radical (unpaired) electrons. The minimum absolute atomic E-state index is 0.452. The van der Waals surface area contributed by atoms with Crippen LogP contribution in [-0.4, -0.2) is 25.5 Å². The summed E-state index contributed by atoms with van der Waals surface area (Å²) in [5.41, 5.74) is 8.42. The molecular weight excluding hydrogens is 364 g/mol. The summed E-state index contributed by atoms with van der Waals surface area (Å²) in [6, 6.07) is 23.3. The number of nitrogens with two attached hydrogens (primary N) is 1. The normalized spacial score (nSPS) is 11.0. The molecule has 29 heavy (non-hydrogen) atoms. The number of aromatic nitrogens is 4. The minimum Gasteiger partial charge on any atom is -0.366 e. The molecule has 0 aliphatic rings. The van der Waals surface area contributed by atoms with Crippen molar-refractivity contribution in [3.63, 3.8) is 0 Å². The van der Waals surface area contributed by atoms with Gasteiger partial charge in [-0.3, -0.25) is 4.79 Å². The largest absolute Gasteiger partial charge is 0.366 e. The Labute approximate surface area is 165 Å². The molecule has 3 aromatic carbocycles. The van der Waals surface area contributed by atoms with Gasteiger partial charge < -0.3 is 11.1 Å². The summed E-state index contributed by atoms with van der Waals surface area (Å²) in [6.07, 6.45) is 1.48. The van der Waals surface area contributed by atoms with E-state index in [9.17, 15) is 4.79 Å².